The van der Waals surface area contributed by atoms with Crippen molar-refractivity contribution in [3.05, 3.63) is 22.8 Å². The van der Waals surface area contributed by atoms with Crippen LogP contribution in [0.15, 0.2) is 22.3 Å². The van der Waals surface area contributed by atoms with Gasteiger partial charge in [0.25, 0.3) is 0 Å². The first kappa shape index (κ1) is 13.1. The number of aromatic nitrogens is 5. The average molecular weight is 296 g/mol. The zero-order chi connectivity index (χ0) is 13.3. The van der Waals surface area contributed by atoms with Gasteiger partial charge in [-0.3, -0.25) is 0 Å². The molecular formula is C8H5ClF3N5S. The van der Waals surface area contributed by atoms with Crippen LogP contribution in [-0.2, 0) is 13.2 Å². The first-order valence-electron chi connectivity index (χ1n) is 4.51. The van der Waals surface area contributed by atoms with Gasteiger partial charge in [-0.2, -0.15) is 13.2 Å². The van der Waals surface area contributed by atoms with Crippen LogP contribution < -0.4 is 0 Å². The second-order valence-corrected chi connectivity index (χ2v) is 4.58. The maximum absolute atomic E-state index is 12.6. The first-order valence-corrected chi connectivity index (χ1v) is 5.70. The van der Waals surface area contributed by atoms with E-state index in [1.165, 1.54) is 4.68 Å². The molecule has 0 aliphatic rings. The summed E-state index contributed by atoms with van der Waals surface area (Å²) in [6.45, 7) is 0. The van der Waals surface area contributed by atoms with Gasteiger partial charge in [0.15, 0.2) is 0 Å². The van der Waals surface area contributed by atoms with E-state index in [1.807, 2.05) is 0 Å². The van der Waals surface area contributed by atoms with Crippen molar-refractivity contribution in [2.45, 2.75) is 16.4 Å². The lowest BCUT2D eigenvalue weighted by atomic mass is 10.3. The smallest absolute Gasteiger partial charge is 0.229 e. The minimum absolute atomic E-state index is 0.0766. The van der Waals surface area contributed by atoms with Gasteiger partial charge < -0.3 is 0 Å². The maximum Gasteiger partial charge on any atom is 0.416 e. The van der Waals surface area contributed by atoms with Crippen LogP contribution in [0.5, 0.6) is 0 Å². The summed E-state index contributed by atoms with van der Waals surface area (Å²) in [6, 6.07) is 1.66. The van der Waals surface area contributed by atoms with Gasteiger partial charge in [-0.25, -0.2) is 9.67 Å². The van der Waals surface area contributed by atoms with Crippen LogP contribution in [0.3, 0.4) is 0 Å². The lowest BCUT2D eigenvalue weighted by Gasteiger charge is -2.08. The van der Waals surface area contributed by atoms with Crippen molar-refractivity contribution in [1.82, 2.24) is 25.2 Å². The number of aryl methyl sites for hydroxylation is 1. The van der Waals surface area contributed by atoms with Gasteiger partial charge in [0.1, 0.15) is 10.2 Å². The zero-order valence-corrected chi connectivity index (χ0v) is 10.4. The summed E-state index contributed by atoms with van der Waals surface area (Å²) in [4.78, 5) is 3.78. The number of rotatable bonds is 2. The minimum Gasteiger partial charge on any atom is -0.229 e. The summed E-state index contributed by atoms with van der Waals surface area (Å²) in [5.74, 6) is 0. The van der Waals surface area contributed by atoms with Gasteiger partial charge in [-0.05, 0) is 34.3 Å². The third-order valence-electron chi connectivity index (χ3n) is 1.88. The molecule has 18 heavy (non-hydrogen) atoms. The fraction of sp³-hybridized carbons (Fsp3) is 0.250. The summed E-state index contributed by atoms with van der Waals surface area (Å²) >= 11 is 6.45. The Morgan fingerprint density at radius 3 is 2.61 bits per heavy atom. The topological polar surface area (TPSA) is 56.5 Å². The largest absolute Gasteiger partial charge is 0.416 e. The summed E-state index contributed by atoms with van der Waals surface area (Å²) < 4.78 is 39.0. The Kier molecular flexibility index (Phi) is 3.44. The molecule has 2 aromatic rings. The molecule has 0 saturated carbocycles. The molecule has 0 N–H and O–H groups in total. The van der Waals surface area contributed by atoms with Gasteiger partial charge in [0.05, 0.1) is 5.56 Å². The SMILES string of the molecule is Cn1nnnc1Sc1cc(C(F)(F)F)cc(Cl)n1. The highest BCUT2D eigenvalue weighted by Crippen LogP contribution is 2.34. The van der Waals surface area contributed by atoms with Crippen LogP contribution in [0.25, 0.3) is 0 Å². The molecule has 2 aromatic heterocycles. The second-order valence-electron chi connectivity index (χ2n) is 3.20. The number of nitrogens with zero attached hydrogens (tertiary/aromatic N) is 5. The maximum atomic E-state index is 12.6. The number of halogens is 4. The van der Waals surface area contributed by atoms with Crippen molar-refractivity contribution in [1.29, 1.82) is 0 Å². The molecule has 96 valence electrons. The van der Waals surface area contributed by atoms with Crippen LogP contribution in [0.2, 0.25) is 5.15 Å². The molecule has 0 saturated heterocycles. The third-order valence-corrected chi connectivity index (χ3v) is 3.02. The normalized spacial score (nSPS) is 11.8. The average Bonchev–Trinajstić information content (AvgIpc) is 2.62. The highest BCUT2D eigenvalue weighted by Gasteiger charge is 2.31. The van der Waals surface area contributed by atoms with Crippen LogP contribution in [0.1, 0.15) is 5.56 Å². The number of hydrogen-bond donors (Lipinski definition) is 0. The molecule has 0 unspecified atom stereocenters. The quantitative estimate of drug-likeness (QED) is 0.797. The molecule has 0 atom stereocenters. The summed E-state index contributed by atoms with van der Waals surface area (Å²) in [5.41, 5.74) is -0.861. The Labute approximate surface area is 108 Å². The van der Waals surface area contributed by atoms with Crippen LogP contribution >= 0.6 is 23.4 Å². The van der Waals surface area contributed by atoms with Crippen LogP contribution in [0, 0.1) is 0 Å². The molecule has 2 heterocycles. The molecule has 0 aliphatic carbocycles. The summed E-state index contributed by atoms with van der Waals surface area (Å²) in [7, 11) is 1.57. The standard InChI is InChI=1S/C8H5ClF3N5S/c1-17-7(14-15-16-17)18-6-3-4(8(10,11)12)2-5(9)13-6/h2-3H,1H3. The van der Waals surface area contributed by atoms with Crippen molar-refractivity contribution < 1.29 is 13.2 Å². The lowest BCUT2D eigenvalue weighted by molar-refractivity contribution is -0.137. The summed E-state index contributed by atoms with van der Waals surface area (Å²) in [5, 5.41) is 10.7. The Morgan fingerprint density at radius 2 is 2.06 bits per heavy atom. The number of alkyl halides is 3. The fourth-order valence-corrected chi connectivity index (χ4v) is 2.11. The van der Waals surface area contributed by atoms with E-state index in [9.17, 15) is 13.2 Å². The first-order chi connectivity index (χ1) is 8.36. The molecule has 0 spiro atoms. The van der Waals surface area contributed by atoms with Gasteiger partial charge in [-0.1, -0.05) is 11.6 Å². The molecule has 0 fully saturated rings. The molecular weight excluding hydrogens is 291 g/mol. The Morgan fingerprint density at radius 1 is 1.33 bits per heavy atom. The van der Waals surface area contributed by atoms with Gasteiger partial charge in [-0.15, -0.1) is 5.10 Å². The van der Waals surface area contributed by atoms with Crippen LogP contribution in [-0.4, -0.2) is 25.2 Å². The van der Waals surface area contributed by atoms with Crippen molar-refractivity contribution in [2.24, 2.45) is 7.05 Å². The molecule has 0 aliphatic heterocycles. The number of hydrogen-bond acceptors (Lipinski definition) is 5. The Balaban J connectivity index is 2.35. The Hall–Kier alpha value is -1.35. The van der Waals surface area contributed by atoms with E-state index in [4.69, 9.17) is 11.6 Å². The highest BCUT2D eigenvalue weighted by atomic mass is 35.5. The zero-order valence-electron chi connectivity index (χ0n) is 8.81. The van der Waals surface area contributed by atoms with E-state index in [0.29, 0.717) is 5.16 Å². The van der Waals surface area contributed by atoms with Crippen molar-refractivity contribution in [3.63, 3.8) is 0 Å². The molecule has 5 nitrogen and oxygen atoms in total. The van der Waals surface area contributed by atoms with E-state index in [1.54, 1.807) is 7.05 Å². The minimum atomic E-state index is -4.47. The van der Waals surface area contributed by atoms with E-state index in [-0.39, 0.29) is 10.2 Å². The van der Waals surface area contributed by atoms with Crippen LogP contribution in [0.4, 0.5) is 13.2 Å². The van der Waals surface area contributed by atoms with E-state index in [2.05, 4.69) is 20.5 Å². The molecule has 0 bridgehead atoms. The van der Waals surface area contributed by atoms with Crippen molar-refractivity contribution >= 4 is 23.4 Å². The number of tetrazole rings is 1. The van der Waals surface area contributed by atoms with Gasteiger partial charge in [0.2, 0.25) is 5.16 Å². The van der Waals surface area contributed by atoms with Gasteiger partial charge >= 0.3 is 6.18 Å². The molecule has 10 heteroatoms. The highest BCUT2D eigenvalue weighted by molar-refractivity contribution is 7.99. The second kappa shape index (κ2) is 4.73. The van der Waals surface area contributed by atoms with Crippen molar-refractivity contribution in [2.75, 3.05) is 0 Å². The van der Waals surface area contributed by atoms with E-state index in [0.717, 1.165) is 23.9 Å². The lowest BCUT2D eigenvalue weighted by Crippen LogP contribution is -2.05. The number of pyridine rings is 1. The molecule has 0 aromatic carbocycles. The monoisotopic (exact) mass is 295 g/mol. The Bertz CT molecular complexity index is 570. The summed E-state index contributed by atoms with van der Waals surface area (Å²) in [6.07, 6.45) is -4.47. The molecule has 0 amide bonds. The van der Waals surface area contributed by atoms with Gasteiger partial charge in [0, 0.05) is 7.05 Å². The third kappa shape index (κ3) is 2.91. The van der Waals surface area contributed by atoms with E-state index >= 15 is 0 Å². The molecule has 0 radical (unpaired) electrons. The van der Waals surface area contributed by atoms with Crippen molar-refractivity contribution in [3.8, 4) is 0 Å². The van der Waals surface area contributed by atoms with E-state index < -0.39 is 11.7 Å². The molecule has 2 rings (SSSR count). The predicted molar refractivity (Wildman–Crippen MR) is 57.2 cm³/mol. The predicted octanol–water partition coefficient (Wildman–Crippen LogP) is 2.43. The fourth-order valence-electron chi connectivity index (χ4n) is 1.09.